The summed E-state index contributed by atoms with van der Waals surface area (Å²) >= 11 is 1.56. The largest absolute Gasteiger partial charge is 1.00 e. The number of fused-ring (bicyclic) bond motifs is 1. The first-order valence-corrected chi connectivity index (χ1v) is 4.70. The molecule has 0 saturated carbocycles. The van der Waals surface area contributed by atoms with Crippen molar-refractivity contribution in [2.45, 2.75) is 0 Å². The SMILES string of the molecule is COc1sc2ccccc2[n+]1OC.[I-]. The summed E-state index contributed by atoms with van der Waals surface area (Å²) in [6.07, 6.45) is 0. The molecule has 0 N–H and O–H groups in total. The number of benzene rings is 1. The predicted molar refractivity (Wildman–Crippen MR) is 51.1 cm³/mol. The van der Waals surface area contributed by atoms with Crippen LogP contribution in [0.3, 0.4) is 0 Å². The molecule has 14 heavy (non-hydrogen) atoms. The fourth-order valence-electron chi connectivity index (χ4n) is 1.24. The van der Waals surface area contributed by atoms with Gasteiger partial charge < -0.3 is 28.7 Å². The Morgan fingerprint density at radius 1 is 1.21 bits per heavy atom. The zero-order valence-electron chi connectivity index (χ0n) is 7.86. The Kier molecular flexibility index (Phi) is 3.94. The van der Waals surface area contributed by atoms with E-state index < -0.39 is 0 Å². The summed E-state index contributed by atoms with van der Waals surface area (Å²) in [4.78, 5) is 5.19. The van der Waals surface area contributed by atoms with Crippen LogP contribution in [0, 0.1) is 0 Å². The quantitative estimate of drug-likeness (QED) is 0.484. The van der Waals surface area contributed by atoms with Gasteiger partial charge in [-0.15, -0.1) is 0 Å². The van der Waals surface area contributed by atoms with Crippen molar-refractivity contribution in [2.75, 3.05) is 14.2 Å². The van der Waals surface area contributed by atoms with Gasteiger partial charge in [0, 0.05) is 6.07 Å². The number of nitrogens with zero attached hydrogens (tertiary/aromatic N) is 1. The highest BCUT2D eigenvalue weighted by molar-refractivity contribution is 7.19. The highest BCUT2D eigenvalue weighted by Gasteiger charge is 2.22. The van der Waals surface area contributed by atoms with Crippen molar-refractivity contribution in [1.82, 2.24) is 0 Å². The van der Waals surface area contributed by atoms with Gasteiger partial charge in [0.2, 0.25) is 0 Å². The monoisotopic (exact) mass is 323 g/mol. The molecule has 2 rings (SSSR count). The third-order valence-electron chi connectivity index (χ3n) is 1.80. The minimum Gasteiger partial charge on any atom is -1.00 e. The van der Waals surface area contributed by atoms with E-state index in [1.54, 1.807) is 30.3 Å². The predicted octanol–water partition coefficient (Wildman–Crippen LogP) is -1.74. The zero-order chi connectivity index (χ0) is 9.26. The fourth-order valence-corrected chi connectivity index (χ4v) is 2.17. The molecule has 0 aliphatic rings. The van der Waals surface area contributed by atoms with Gasteiger partial charge >= 0.3 is 5.19 Å². The molecule has 0 atom stereocenters. The lowest BCUT2D eigenvalue weighted by Gasteiger charge is -1.90. The first-order chi connectivity index (χ1) is 6.36. The van der Waals surface area contributed by atoms with E-state index in [-0.39, 0.29) is 24.0 Å². The molecule has 0 unspecified atom stereocenters. The number of rotatable bonds is 2. The van der Waals surface area contributed by atoms with Gasteiger partial charge in [-0.3, -0.25) is 4.84 Å². The van der Waals surface area contributed by atoms with Gasteiger partial charge in [0.1, 0.15) is 11.8 Å². The summed E-state index contributed by atoms with van der Waals surface area (Å²) in [5.74, 6) is 0. The van der Waals surface area contributed by atoms with Crippen molar-refractivity contribution in [1.29, 1.82) is 0 Å². The first kappa shape index (κ1) is 11.5. The van der Waals surface area contributed by atoms with Gasteiger partial charge in [0.05, 0.1) is 11.8 Å². The summed E-state index contributed by atoms with van der Waals surface area (Å²) in [6, 6.07) is 8.01. The molecule has 0 amide bonds. The highest BCUT2D eigenvalue weighted by Crippen LogP contribution is 2.24. The molecule has 0 radical (unpaired) electrons. The Bertz CT molecular complexity index is 430. The molecule has 0 saturated heterocycles. The van der Waals surface area contributed by atoms with Crippen LogP contribution >= 0.6 is 11.3 Å². The Morgan fingerprint density at radius 3 is 2.57 bits per heavy atom. The lowest BCUT2D eigenvalue weighted by molar-refractivity contribution is -0.863. The molecule has 0 aliphatic carbocycles. The van der Waals surface area contributed by atoms with Crippen LogP contribution in [0.4, 0.5) is 0 Å². The molecule has 5 heteroatoms. The molecule has 0 bridgehead atoms. The minimum atomic E-state index is 0. The van der Waals surface area contributed by atoms with Crippen LogP contribution < -0.4 is 38.3 Å². The van der Waals surface area contributed by atoms with Crippen molar-refractivity contribution in [3.8, 4) is 5.19 Å². The van der Waals surface area contributed by atoms with Crippen LogP contribution in [0.2, 0.25) is 0 Å². The highest BCUT2D eigenvalue weighted by atomic mass is 127. The maximum atomic E-state index is 5.19. The molecule has 1 heterocycles. The van der Waals surface area contributed by atoms with Gasteiger partial charge in [-0.2, -0.15) is 0 Å². The van der Waals surface area contributed by atoms with E-state index in [0.717, 1.165) is 15.4 Å². The standard InChI is InChI=1S/C9H10NO2S.HI/c1-11-9-10(12-2)7-5-3-4-6-8(7)13-9;/h3-6H,1-2H3;1H/q+1;/p-1. The number of halogens is 1. The zero-order valence-corrected chi connectivity index (χ0v) is 10.8. The summed E-state index contributed by atoms with van der Waals surface area (Å²) < 4.78 is 8.01. The Morgan fingerprint density at radius 2 is 1.93 bits per heavy atom. The third-order valence-corrected chi connectivity index (χ3v) is 2.88. The molecule has 76 valence electrons. The van der Waals surface area contributed by atoms with Gasteiger partial charge in [0.15, 0.2) is 0 Å². The second-order valence-corrected chi connectivity index (χ2v) is 3.51. The van der Waals surface area contributed by atoms with Gasteiger partial charge in [-0.1, -0.05) is 12.1 Å². The molecule has 0 aliphatic heterocycles. The Balaban J connectivity index is 0.000000980. The number of hydrogen-bond donors (Lipinski definition) is 0. The van der Waals surface area contributed by atoms with Crippen molar-refractivity contribution < 1.29 is 38.3 Å². The lowest BCUT2D eigenvalue weighted by atomic mass is 10.3. The summed E-state index contributed by atoms with van der Waals surface area (Å²) in [7, 11) is 3.27. The summed E-state index contributed by atoms with van der Waals surface area (Å²) in [5.41, 5.74) is 1.03. The topological polar surface area (TPSA) is 22.3 Å². The van der Waals surface area contributed by atoms with E-state index in [0.29, 0.717) is 0 Å². The number of hydrogen-bond acceptors (Lipinski definition) is 3. The lowest BCUT2D eigenvalue weighted by Crippen LogP contribution is -3.00. The second kappa shape index (κ2) is 4.79. The van der Waals surface area contributed by atoms with Crippen LogP contribution in [0.1, 0.15) is 0 Å². The molecule has 3 nitrogen and oxygen atoms in total. The number of methoxy groups -OCH3 is 1. The van der Waals surface area contributed by atoms with Crippen molar-refractivity contribution in [3.63, 3.8) is 0 Å². The molecule has 0 spiro atoms. The fraction of sp³-hybridized carbons (Fsp3) is 0.222. The molecular weight excluding hydrogens is 313 g/mol. The van der Waals surface area contributed by atoms with E-state index in [4.69, 9.17) is 9.57 Å². The maximum Gasteiger partial charge on any atom is 0.480 e. The summed E-state index contributed by atoms with van der Waals surface area (Å²) in [5, 5.41) is 0.753. The van der Waals surface area contributed by atoms with E-state index in [9.17, 15) is 0 Å². The van der Waals surface area contributed by atoms with Crippen molar-refractivity contribution in [3.05, 3.63) is 24.3 Å². The second-order valence-electron chi connectivity index (χ2n) is 2.52. The van der Waals surface area contributed by atoms with E-state index in [2.05, 4.69) is 0 Å². The number of ether oxygens (including phenoxy) is 1. The van der Waals surface area contributed by atoms with Crippen molar-refractivity contribution >= 4 is 21.6 Å². The normalized spacial score (nSPS) is 9.57. The van der Waals surface area contributed by atoms with Gasteiger partial charge in [0.25, 0.3) is 5.52 Å². The van der Waals surface area contributed by atoms with E-state index in [1.165, 1.54) is 0 Å². The number of thiazole rings is 1. The average Bonchev–Trinajstić information content (AvgIpc) is 2.55. The van der Waals surface area contributed by atoms with E-state index in [1.807, 2.05) is 24.3 Å². The van der Waals surface area contributed by atoms with Crippen LogP contribution in [0.25, 0.3) is 10.2 Å². The molecule has 1 aromatic heterocycles. The van der Waals surface area contributed by atoms with Crippen molar-refractivity contribution in [2.24, 2.45) is 0 Å². The molecule has 2 aromatic rings. The van der Waals surface area contributed by atoms with Crippen LogP contribution in [-0.2, 0) is 0 Å². The summed E-state index contributed by atoms with van der Waals surface area (Å²) in [6.45, 7) is 0. The Hall–Kier alpha value is -0.560. The smallest absolute Gasteiger partial charge is 0.480 e. The van der Waals surface area contributed by atoms with Crippen LogP contribution in [-0.4, -0.2) is 14.2 Å². The number of aromatic nitrogens is 1. The van der Waals surface area contributed by atoms with E-state index >= 15 is 0 Å². The van der Waals surface area contributed by atoms with Gasteiger partial charge in [-0.25, -0.2) is 0 Å². The molecule has 1 aromatic carbocycles. The van der Waals surface area contributed by atoms with Gasteiger partial charge in [-0.05, 0) is 17.4 Å². The molecular formula is C9H10INO2S. The minimum absolute atomic E-state index is 0. The van der Waals surface area contributed by atoms with Crippen LogP contribution in [0.5, 0.6) is 5.19 Å². The average molecular weight is 323 g/mol. The number of para-hydroxylation sites is 1. The maximum absolute atomic E-state index is 5.19. The molecule has 0 fully saturated rings. The Labute approximate surface area is 103 Å². The first-order valence-electron chi connectivity index (χ1n) is 3.89. The van der Waals surface area contributed by atoms with Crippen LogP contribution in [0.15, 0.2) is 24.3 Å². The third kappa shape index (κ3) is 1.78.